The molecule has 100 valence electrons. The highest BCUT2D eigenvalue weighted by Gasteiger charge is 2.33. The van der Waals surface area contributed by atoms with Crippen LogP contribution in [0.15, 0.2) is 28.1 Å². The van der Waals surface area contributed by atoms with Crippen molar-refractivity contribution in [2.75, 3.05) is 0 Å². The summed E-state index contributed by atoms with van der Waals surface area (Å²) < 4.78 is 14.5. The number of aromatic nitrogens is 1. The molecular weight excluding hydrogens is 333 g/mol. The summed E-state index contributed by atoms with van der Waals surface area (Å²) in [6.45, 7) is 3.16. The van der Waals surface area contributed by atoms with Gasteiger partial charge in [0.2, 0.25) is 0 Å². The van der Waals surface area contributed by atoms with E-state index in [0.29, 0.717) is 16.3 Å². The number of thiazole rings is 1. The zero-order valence-corrected chi connectivity index (χ0v) is 12.7. The van der Waals surface area contributed by atoms with Gasteiger partial charge in [0, 0.05) is 15.4 Å². The van der Waals surface area contributed by atoms with Gasteiger partial charge in [0.05, 0.1) is 5.69 Å². The van der Waals surface area contributed by atoms with Crippen LogP contribution < -0.4 is 0 Å². The quantitative estimate of drug-likeness (QED) is 0.913. The average molecular weight is 344 g/mol. The number of hydrogen-bond acceptors (Lipinski definition) is 3. The summed E-state index contributed by atoms with van der Waals surface area (Å²) in [5, 5.41) is 11.3. The van der Waals surface area contributed by atoms with Gasteiger partial charge in [-0.3, -0.25) is 4.79 Å². The minimum absolute atomic E-state index is 0.359. The molecule has 1 heterocycles. The number of nitrogens with zero attached hydrogens (tertiary/aromatic N) is 1. The second-order valence-corrected chi connectivity index (χ2v) is 6.37. The molecule has 0 radical (unpaired) electrons. The maximum absolute atomic E-state index is 13.7. The Hall–Kier alpha value is -1.27. The van der Waals surface area contributed by atoms with Gasteiger partial charge in [-0.2, -0.15) is 0 Å². The minimum atomic E-state index is -1.08. The molecule has 0 atom stereocenters. The predicted octanol–water partition coefficient (Wildman–Crippen LogP) is 4.07. The van der Waals surface area contributed by atoms with Crippen LogP contribution in [0.4, 0.5) is 4.39 Å². The lowest BCUT2D eigenvalue weighted by atomic mass is 9.95. The molecule has 2 aromatic rings. The van der Waals surface area contributed by atoms with Crippen LogP contribution >= 0.6 is 27.3 Å². The van der Waals surface area contributed by atoms with Crippen molar-refractivity contribution in [1.29, 1.82) is 0 Å². The fraction of sp³-hybridized carbons (Fsp3) is 0.231. The number of carbonyl (C=O) groups is 1. The third-order valence-corrected chi connectivity index (χ3v) is 4.44. The summed E-state index contributed by atoms with van der Waals surface area (Å²) in [6, 6.07) is 4.58. The first kappa shape index (κ1) is 14.1. The van der Waals surface area contributed by atoms with E-state index in [1.54, 1.807) is 31.4 Å². The maximum Gasteiger partial charge on any atom is 0.316 e. The van der Waals surface area contributed by atoms with Crippen molar-refractivity contribution in [3.05, 3.63) is 38.9 Å². The predicted molar refractivity (Wildman–Crippen MR) is 75.9 cm³/mol. The van der Waals surface area contributed by atoms with Crippen molar-refractivity contribution >= 4 is 33.2 Å². The highest BCUT2D eigenvalue weighted by Crippen LogP contribution is 2.32. The average Bonchev–Trinajstić information content (AvgIpc) is 2.82. The summed E-state index contributed by atoms with van der Waals surface area (Å²) in [5.41, 5.74) is -0.267. The summed E-state index contributed by atoms with van der Waals surface area (Å²) in [7, 11) is 0. The highest BCUT2D eigenvalue weighted by molar-refractivity contribution is 9.10. The number of benzene rings is 1. The molecule has 19 heavy (non-hydrogen) atoms. The molecule has 0 amide bonds. The fourth-order valence-electron chi connectivity index (χ4n) is 1.47. The van der Waals surface area contributed by atoms with E-state index in [-0.39, 0.29) is 5.82 Å². The molecule has 0 unspecified atom stereocenters. The lowest BCUT2D eigenvalue weighted by Gasteiger charge is -2.15. The number of hydrogen-bond donors (Lipinski definition) is 1. The molecule has 0 saturated carbocycles. The van der Waals surface area contributed by atoms with Gasteiger partial charge >= 0.3 is 5.97 Å². The van der Waals surface area contributed by atoms with Gasteiger partial charge in [0.15, 0.2) is 0 Å². The van der Waals surface area contributed by atoms with Crippen molar-refractivity contribution in [3.8, 4) is 11.3 Å². The smallest absolute Gasteiger partial charge is 0.316 e. The van der Waals surface area contributed by atoms with Crippen molar-refractivity contribution in [2.24, 2.45) is 0 Å². The Kier molecular flexibility index (Phi) is 3.73. The van der Waals surface area contributed by atoms with Crippen LogP contribution in [0.3, 0.4) is 0 Å². The van der Waals surface area contributed by atoms with Crippen molar-refractivity contribution in [1.82, 2.24) is 4.98 Å². The molecule has 0 aliphatic carbocycles. The van der Waals surface area contributed by atoms with E-state index < -0.39 is 11.4 Å². The van der Waals surface area contributed by atoms with Gasteiger partial charge in [-0.15, -0.1) is 11.3 Å². The first-order valence-corrected chi connectivity index (χ1v) is 7.14. The zero-order valence-electron chi connectivity index (χ0n) is 10.3. The van der Waals surface area contributed by atoms with E-state index in [1.165, 1.54) is 17.4 Å². The molecule has 1 aromatic heterocycles. The summed E-state index contributed by atoms with van der Waals surface area (Å²) in [5.74, 6) is -1.34. The van der Waals surface area contributed by atoms with Crippen molar-refractivity contribution in [3.63, 3.8) is 0 Å². The molecule has 0 saturated heterocycles. The number of carboxylic acid groups (broad SMARTS) is 1. The largest absolute Gasteiger partial charge is 0.481 e. The monoisotopic (exact) mass is 343 g/mol. The SMILES string of the molecule is CC(C)(C(=O)O)c1nc(-c2cc(Br)ccc2F)cs1. The molecule has 1 N–H and O–H groups in total. The number of carboxylic acids is 1. The van der Waals surface area contributed by atoms with Gasteiger partial charge in [-0.1, -0.05) is 15.9 Å². The minimum Gasteiger partial charge on any atom is -0.481 e. The van der Waals surface area contributed by atoms with Gasteiger partial charge in [0.25, 0.3) is 0 Å². The summed E-state index contributed by atoms with van der Waals surface area (Å²) in [4.78, 5) is 15.4. The van der Waals surface area contributed by atoms with Crippen LogP contribution in [0, 0.1) is 5.82 Å². The topological polar surface area (TPSA) is 50.2 Å². The molecule has 0 aliphatic rings. The normalized spacial score (nSPS) is 11.6. The Morgan fingerprint density at radius 1 is 1.47 bits per heavy atom. The number of aliphatic carboxylic acids is 1. The molecule has 0 aliphatic heterocycles. The van der Waals surface area contributed by atoms with Crippen LogP contribution in [0.2, 0.25) is 0 Å². The highest BCUT2D eigenvalue weighted by atomic mass is 79.9. The molecule has 6 heteroatoms. The standard InChI is InChI=1S/C13H11BrFNO2S/c1-13(2,12(17)18)11-16-10(6-19-11)8-5-7(14)3-4-9(8)15/h3-6H,1-2H3,(H,17,18). The lowest BCUT2D eigenvalue weighted by Crippen LogP contribution is -2.28. The van der Waals surface area contributed by atoms with E-state index >= 15 is 0 Å². The first-order chi connectivity index (χ1) is 8.82. The van der Waals surface area contributed by atoms with Gasteiger partial charge < -0.3 is 5.11 Å². The summed E-state index contributed by atoms with van der Waals surface area (Å²) >= 11 is 4.50. The molecule has 0 spiro atoms. The molecule has 0 bridgehead atoms. The second kappa shape index (κ2) is 5.02. The number of rotatable bonds is 3. The molecule has 1 aromatic carbocycles. The Morgan fingerprint density at radius 2 is 2.16 bits per heavy atom. The van der Waals surface area contributed by atoms with Gasteiger partial charge in [-0.05, 0) is 32.0 Å². The van der Waals surface area contributed by atoms with Crippen LogP contribution in [0.5, 0.6) is 0 Å². The van der Waals surface area contributed by atoms with Crippen LogP contribution in [0.1, 0.15) is 18.9 Å². The Bertz CT molecular complexity index is 639. The zero-order chi connectivity index (χ0) is 14.2. The third kappa shape index (κ3) is 2.69. The third-order valence-electron chi connectivity index (χ3n) is 2.78. The molecule has 2 rings (SSSR count). The van der Waals surface area contributed by atoms with E-state index in [9.17, 15) is 9.18 Å². The maximum atomic E-state index is 13.7. The van der Waals surface area contributed by atoms with Crippen LogP contribution in [0.25, 0.3) is 11.3 Å². The van der Waals surface area contributed by atoms with Crippen molar-refractivity contribution in [2.45, 2.75) is 19.3 Å². The van der Waals surface area contributed by atoms with E-state index in [0.717, 1.165) is 4.47 Å². The number of halogens is 2. The molecule has 0 fully saturated rings. The van der Waals surface area contributed by atoms with Crippen molar-refractivity contribution < 1.29 is 14.3 Å². The second-order valence-electron chi connectivity index (χ2n) is 4.59. The van der Waals surface area contributed by atoms with Crippen LogP contribution in [-0.2, 0) is 10.2 Å². The van der Waals surface area contributed by atoms with Crippen LogP contribution in [-0.4, -0.2) is 16.1 Å². The van der Waals surface area contributed by atoms with E-state index in [1.807, 2.05) is 0 Å². The molecular formula is C13H11BrFNO2S. The van der Waals surface area contributed by atoms with Gasteiger partial charge in [-0.25, -0.2) is 9.37 Å². The van der Waals surface area contributed by atoms with E-state index in [4.69, 9.17) is 5.11 Å². The lowest BCUT2D eigenvalue weighted by molar-refractivity contribution is -0.142. The van der Waals surface area contributed by atoms with E-state index in [2.05, 4.69) is 20.9 Å². The first-order valence-electron chi connectivity index (χ1n) is 5.47. The Balaban J connectivity index is 2.47. The summed E-state index contributed by atoms with van der Waals surface area (Å²) in [6.07, 6.45) is 0. The molecule has 3 nitrogen and oxygen atoms in total. The Labute approximate surface area is 122 Å². The van der Waals surface area contributed by atoms with Gasteiger partial charge in [0.1, 0.15) is 16.2 Å². The fourth-order valence-corrected chi connectivity index (χ4v) is 2.77. The Morgan fingerprint density at radius 3 is 2.79 bits per heavy atom.